The van der Waals surface area contributed by atoms with E-state index in [4.69, 9.17) is 16.3 Å². The molecular weight excluding hydrogens is 460 g/mol. The summed E-state index contributed by atoms with van der Waals surface area (Å²) in [7, 11) is -2.11. The zero-order valence-electron chi connectivity index (χ0n) is 18.2. The van der Waals surface area contributed by atoms with Crippen molar-refractivity contribution in [1.29, 1.82) is 0 Å². The van der Waals surface area contributed by atoms with Crippen LogP contribution in [-0.2, 0) is 26.9 Å². The van der Waals surface area contributed by atoms with E-state index in [-0.39, 0.29) is 23.1 Å². The Hall–Kier alpha value is -3.29. The molecule has 1 amide bonds. The Morgan fingerprint density at radius 3 is 2.48 bits per heavy atom. The second kappa shape index (κ2) is 9.29. The first-order chi connectivity index (χ1) is 15.8. The van der Waals surface area contributed by atoms with E-state index in [1.165, 1.54) is 13.3 Å². The van der Waals surface area contributed by atoms with Crippen molar-refractivity contribution < 1.29 is 17.9 Å². The number of hydrogen-bond acceptors (Lipinski definition) is 4. The van der Waals surface area contributed by atoms with Crippen molar-refractivity contribution in [1.82, 2.24) is 4.57 Å². The number of fused-ring (bicyclic) bond motifs is 1. The first kappa shape index (κ1) is 22.9. The Labute approximate surface area is 197 Å². The molecule has 170 valence electrons. The molecule has 33 heavy (non-hydrogen) atoms. The minimum Gasteiger partial charge on any atom is -0.495 e. The van der Waals surface area contributed by atoms with E-state index in [9.17, 15) is 13.2 Å². The molecule has 0 spiro atoms. The second-order valence-electron chi connectivity index (χ2n) is 7.78. The zero-order chi connectivity index (χ0) is 23.6. The largest absolute Gasteiger partial charge is 0.495 e. The second-order valence-corrected chi connectivity index (χ2v) is 10.1. The maximum absolute atomic E-state index is 13.2. The smallest absolute Gasteiger partial charge is 0.244 e. The standard InChI is InChI=1S/C25H23ClN2O4S/c1-17-7-9-18(10-8-17)16-33(30,31)24-14-28(22-6-4-3-5-20(22)24)15-25(29)27-19-11-12-23(32-2)21(26)13-19/h3-14H,15-16H2,1-2H3,(H,27,29). The Balaban J connectivity index is 1.61. The summed E-state index contributed by atoms with van der Waals surface area (Å²) in [5, 5.41) is 3.76. The van der Waals surface area contributed by atoms with Gasteiger partial charge in [-0.15, -0.1) is 0 Å². The summed E-state index contributed by atoms with van der Waals surface area (Å²) in [6, 6.07) is 19.5. The quantitative estimate of drug-likeness (QED) is 0.391. The van der Waals surface area contributed by atoms with Crippen molar-refractivity contribution in [2.75, 3.05) is 12.4 Å². The van der Waals surface area contributed by atoms with Crippen molar-refractivity contribution in [3.63, 3.8) is 0 Å². The van der Waals surface area contributed by atoms with E-state index < -0.39 is 9.84 Å². The van der Waals surface area contributed by atoms with Gasteiger partial charge in [0.1, 0.15) is 12.3 Å². The lowest BCUT2D eigenvalue weighted by Crippen LogP contribution is -2.18. The van der Waals surface area contributed by atoms with Crippen LogP contribution in [-0.4, -0.2) is 26.0 Å². The fourth-order valence-electron chi connectivity index (χ4n) is 3.67. The third kappa shape index (κ3) is 5.05. The monoisotopic (exact) mass is 482 g/mol. The Morgan fingerprint density at radius 2 is 1.79 bits per heavy atom. The number of halogens is 1. The third-order valence-electron chi connectivity index (χ3n) is 5.31. The van der Waals surface area contributed by atoms with Gasteiger partial charge in [0.25, 0.3) is 0 Å². The van der Waals surface area contributed by atoms with E-state index in [2.05, 4.69) is 5.32 Å². The lowest BCUT2D eigenvalue weighted by molar-refractivity contribution is -0.116. The lowest BCUT2D eigenvalue weighted by Gasteiger charge is -2.09. The summed E-state index contributed by atoms with van der Waals surface area (Å²) in [5.41, 5.74) is 2.97. The third-order valence-corrected chi connectivity index (χ3v) is 7.32. The molecule has 1 N–H and O–H groups in total. The van der Waals surface area contributed by atoms with Gasteiger partial charge in [-0.25, -0.2) is 8.42 Å². The van der Waals surface area contributed by atoms with Crippen LogP contribution in [0.5, 0.6) is 5.75 Å². The molecule has 1 aromatic heterocycles. The van der Waals surface area contributed by atoms with Crippen LogP contribution >= 0.6 is 11.6 Å². The predicted octanol–water partition coefficient (Wildman–Crippen LogP) is 5.22. The van der Waals surface area contributed by atoms with Gasteiger partial charge in [0, 0.05) is 22.8 Å². The summed E-state index contributed by atoms with van der Waals surface area (Å²) < 4.78 is 33.3. The van der Waals surface area contributed by atoms with Gasteiger partial charge in [0.2, 0.25) is 5.91 Å². The topological polar surface area (TPSA) is 77.4 Å². The average Bonchev–Trinajstić information content (AvgIpc) is 3.15. The number of aryl methyl sites for hydroxylation is 1. The highest BCUT2D eigenvalue weighted by molar-refractivity contribution is 7.90. The molecule has 0 aliphatic heterocycles. The highest BCUT2D eigenvalue weighted by atomic mass is 35.5. The number of nitrogens with one attached hydrogen (secondary N) is 1. The Bertz CT molecular complexity index is 1430. The fraction of sp³-hybridized carbons (Fsp3) is 0.160. The molecule has 8 heteroatoms. The van der Waals surface area contributed by atoms with E-state index in [1.807, 2.05) is 37.3 Å². The molecule has 4 rings (SSSR count). The summed E-state index contributed by atoms with van der Waals surface area (Å²) in [4.78, 5) is 12.9. The number of nitrogens with zero attached hydrogens (tertiary/aromatic N) is 1. The minimum absolute atomic E-state index is 0.0514. The number of rotatable bonds is 7. The van der Waals surface area contributed by atoms with Gasteiger partial charge in [0.05, 0.1) is 22.8 Å². The van der Waals surface area contributed by atoms with Crippen LogP contribution < -0.4 is 10.1 Å². The van der Waals surface area contributed by atoms with Gasteiger partial charge in [0.15, 0.2) is 9.84 Å². The summed E-state index contributed by atoms with van der Waals surface area (Å²) >= 11 is 6.13. The number of benzene rings is 3. The molecule has 0 aliphatic rings. The Kier molecular flexibility index (Phi) is 6.44. The SMILES string of the molecule is COc1ccc(NC(=O)Cn2cc(S(=O)(=O)Cc3ccc(C)cc3)c3ccccc32)cc1Cl. The molecular formula is C25H23ClN2O4S. The van der Waals surface area contributed by atoms with Crippen LogP contribution in [0.25, 0.3) is 10.9 Å². The number of hydrogen-bond donors (Lipinski definition) is 1. The molecule has 1 heterocycles. The average molecular weight is 483 g/mol. The van der Waals surface area contributed by atoms with Gasteiger partial charge < -0.3 is 14.6 Å². The van der Waals surface area contributed by atoms with Crippen LogP contribution in [0.1, 0.15) is 11.1 Å². The summed E-state index contributed by atoms with van der Waals surface area (Å²) in [5.74, 6) is 0.0895. The molecule has 3 aromatic carbocycles. The molecule has 0 unspecified atom stereocenters. The van der Waals surface area contributed by atoms with Crippen molar-refractivity contribution in [3.8, 4) is 5.75 Å². The number of carbonyl (C=O) groups excluding carboxylic acids is 1. The highest BCUT2D eigenvalue weighted by Gasteiger charge is 2.22. The van der Waals surface area contributed by atoms with Crippen LogP contribution in [0.2, 0.25) is 5.02 Å². The number of aromatic nitrogens is 1. The van der Waals surface area contributed by atoms with E-state index >= 15 is 0 Å². The molecule has 0 atom stereocenters. The number of amides is 1. The van der Waals surface area contributed by atoms with Crippen molar-refractivity contribution in [2.45, 2.75) is 24.1 Å². The number of carbonyl (C=O) groups is 1. The number of para-hydroxylation sites is 1. The first-order valence-electron chi connectivity index (χ1n) is 10.3. The summed E-state index contributed by atoms with van der Waals surface area (Å²) in [6.07, 6.45) is 1.54. The maximum Gasteiger partial charge on any atom is 0.244 e. The molecule has 0 bridgehead atoms. The number of methoxy groups -OCH3 is 1. The van der Waals surface area contributed by atoms with Gasteiger partial charge in [-0.3, -0.25) is 4.79 Å². The molecule has 0 aliphatic carbocycles. The number of ether oxygens (including phenoxy) is 1. The zero-order valence-corrected chi connectivity index (χ0v) is 19.8. The van der Waals surface area contributed by atoms with Crippen molar-refractivity contribution in [3.05, 3.63) is 89.1 Å². The van der Waals surface area contributed by atoms with E-state index in [0.29, 0.717) is 32.9 Å². The molecule has 0 saturated carbocycles. The molecule has 4 aromatic rings. The molecule has 0 saturated heterocycles. The fourth-order valence-corrected chi connectivity index (χ4v) is 5.51. The van der Waals surface area contributed by atoms with Crippen molar-refractivity contribution in [2.24, 2.45) is 0 Å². The highest BCUT2D eigenvalue weighted by Crippen LogP contribution is 2.29. The van der Waals surface area contributed by atoms with Crippen molar-refractivity contribution >= 4 is 43.9 Å². The van der Waals surface area contributed by atoms with Gasteiger partial charge in [-0.1, -0.05) is 59.6 Å². The van der Waals surface area contributed by atoms with E-state index in [1.54, 1.807) is 41.0 Å². The number of sulfone groups is 1. The Morgan fingerprint density at radius 1 is 1.06 bits per heavy atom. The van der Waals surface area contributed by atoms with E-state index in [0.717, 1.165) is 5.56 Å². The molecule has 0 radical (unpaired) electrons. The van der Waals surface area contributed by atoms with Crippen LogP contribution in [0, 0.1) is 6.92 Å². The maximum atomic E-state index is 13.2. The molecule has 6 nitrogen and oxygen atoms in total. The van der Waals surface area contributed by atoms with Gasteiger partial charge in [-0.05, 0) is 36.8 Å². The predicted molar refractivity (Wildman–Crippen MR) is 131 cm³/mol. The van der Waals surface area contributed by atoms with Crippen LogP contribution in [0.15, 0.2) is 77.8 Å². The van der Waals surface area contributed by atoms with Gasteiger partial charge in [-0.2, -0.15) is 0 Å². The normalized spacial score (nSPS) is 11.5. The van der Waals surface area contributed by atoms with Crippen LogP contribution in [0.3, 0.4) is 0 Å². The minimum atomic E-state index is -3.62. The lowest BCUT2D eigenvalue weighted by atomic mass is 10.2. The van der Waals surface area contributed by atoms with Gasteiger partial charge >= 0.3 is 0 Å². The summed E-state index contributed by atoms with van der Waals surface area (Å²) in [6.45, 7) is 1.90. The molecule has 0 fully saturated rings. The number of anilines is 1. The first-order valence-corrected chi connectivity index (χ1v) is 12.3. The van der Waals surface area contributed by atoms with Crippen LogP contribution in [0.4, 0.5) is 5.69 Å².